The Morgan fingerprint density at radius 3 is 2.40 bits per heavy atom. The molecular weight excluding hydrogens is 257 g/mol. The minimum Gasteiger partial charge on any atom is -0.324 e. The summed E-state index contributed by atoms with van der Waals surface area (Å²) in [5.41, 5.74) is 7.87. The average molecular weight is 273 g/mol. The Morgan fingerprint density at radius 1 is 1.10 bits per heavy atom. The zero-order valence-corrected chi connectivity index (χ0v) is 11.1. The zero-order chi connectivity index (χ0) is 14.5. The first kappa shape index (κ1) is 14.0. The van der Waals surface area contributed by atoms with Crippen molar-refractivity contribution in [3.05, 3.63) is 59.9 Å². The van der Waals surface area contributed by atoms with Crippen molar-refractivity contribution in [1.29, 1.82) is 0 Å². The Labute approximate surface area is 116 Å². The molecule has 5 heteroatoms. The topological polar surface area (TPSA) is 67.1 Å². The van der Waals surface area contributed by atoms with Crippen LogP contribution in [-0.4, -0.2) is 6.03 Å². The molecule has 104 valence electrons. The third-order valence-electron chi connectivity index (χ3n) is 2.80. The predicted molar refractivity (Wildman–Crippen MR) is 78.1 cm³/mol. The normalized spacial score (nSPS) is 11.8. The summed E-state index contributed by atoms with van der Waals surface area (Å²) in [7, 11) is 0. The van der Waals surface area contributed by atoms with E-state index in [4.69, 9.17) is 5.73 Å². The number of rotatable bonds is 3. The van der Waals surface area contributed by atoms with E-state index in [1.807, 2.05) is 25.1 Å². The number of amides is 2. The van der Waals surface area contributed by atoms with Crippen LogP contribution in [0.15, 0.2) is 48.5 Å². The highest BCUT2D eigenvalue weighted by Gasteiger charge is 2.09. The van der Waals surface area contributed by atoms with E-state index in [-0.39, 0.29) is 11.9 Å². The molecule has 1 unspecified atom stereocenters. The summed E-state index contributed by atoms with van der Waals surface area (Å²) in [6, 6.07) is 12.3. The fourth-order valence-corrected chi connectivity index (χ4v) is 1.83. The fraction of sp³-hybridized carbons (Fsp3) is 0.133. The molecule has 20 heavy (non-hydrogen) atoms. The average Bonchev–Trinajstić information content (AvgIpc) is 2.41. The molecule has 4 nitrogen and oxygen atoms in total. The largest absolute Gasteiger partial charge is 0.324 e. The quantitative estimate of drug-likeness (QED) is 0.801. The molecule has 0 spiro atoms. The van der Waals surface area contributed by atoms with Crippen molar-refractivity contribution in [3.63, 3.8) is 0 Å². The maximum absolute atomic E-state index is 12.8. The SMILES string of the molecule is CC(N)c1ccccc1NC(=O)Nc1ccc(F)cc1. The molecular formula is C15H16FN3O. The van der Waals surface area contributed by atoms with Gasteiger partial charge >= 0.3 is 6.03 Å². The van der Waals surface area contributed by atoms with Crippen molar-refractivity contribution < 1.29 is 9.18 Å². The van der Waals surface area contributed by atoms with Gasteiger partial charge in [0, 0.05) is 17.4 Å². The third kappa shape index (κ3) is 3.55. The summed E-state index contributed by atoms with van der Waals surface area (Å²) < 4.78 is 12.8. The molecule has 2 rings (SSSR count). The van der Waals surface area contributed by atoms with E-state index < -0.39 is 6.03 Å². The van der Waals surface area contributed by atoms with Gasteiger partial charge in [-0.2, -0.15) is 0 Å². The summed E-state index contributed by atoms with van der Waals surface area (Å²) in [6.45, 7) is 1.85. The van der Waals surface area contributed by atoms with Crippen LogP contribution in [0.25, 0.3) is 0 Å². The van der Waals surface area contributed by atoms with E-state index >= 15 is 0 Å². The summed E-state index contributed by atoms with van der Waals surface area (Å²) in [5, 5.41) is 5.36. The number of urea groups is 1. The van der Waals surface area contributed by atoms with Gasteiger partial charge in [-0.05, 0) is 42.8 Å². The van der Waals surface area contributed by atoms with E-state index in [1.165, 1.54) is 24.3 Å². The van der Waals surface area contributed by atoms with Crippen LogP contribution >= 0.6 is 0 Å². The lowest BCUT2D eigenvalue weighted by molar-refractivity contribution is 0.262. The van der Waals surface area contributed by atoms with Gasteiger partial charge in [-0.3, -0.25) is 0 Å². The first-order chi connectivity index (χ1) is 9.56. The molecule has 0 fully saturated rings. The lowest BCUT2D eigenvalue weighted by atomic mass is 10.1. The van der Waals surface area contributed by atoms with Gasteiger partial charge < -0.3 is 16.4 Å². The molecule has 2 amide bonds. The molecule has 0 aliphatic heterocycles. The van der Waals surface area contributed by atoms with Crippen LogP contribution in [0.1, 0.15) is 18.5 Å². The molecule has 2 aromatic rings. The van der Waals surface area contributed by atoms with E-state index in [9.17, 15) is 9.18 Å². The van der Waals surface area contributed by atoms with Crippen molar-refractivity contribution in [2.24, 2.45) is 5.73 Å². The van der Waals surface area contributed by atoms with E-state index in [0.717, 1.165) is 5.56 Å². The highest BCUT2D eigenvalue weighted by atomic mass is 19.1. The molecule has 0 saturated carbocycles. The van der Waals surface area contributed by atoms with Crippen LogP contribution < -0.4 is 16.4 Å². The van der Waals surface area contributed by atoms with Crippen molar-refractivity contribution in [2.75, 3.05) is 10.6 Å². The van der Waals surface area contributed by atoms with E-state index in [1.54, 1.807) is 6.07 Å². The van der Waals surface area contributed by atoms with Crippen LogP contribution in [0.5, 0.6) is 0 Å². The van der Waals surface area contributed by atoms with Gasteiger partial charge in [0.15, 0.2) is 0 Å². The minimum atomic E-state index is -0.398. The Hall–Kier alpha value is -2.40. The van der Waals surface area contributed by atoms with E-state index in [2.05, 4.69) is 10.6 Å². The number of benzene rings is 2. The molecule has 0 aliphatic rings. The molecule has 0 radical (unpaired) electrons. The van der Waals surface area contributed by atoms with Gasteiger partial charge in [0.2, 0.25) is 0 Å². The van der Waals surface area contributed by atoms with Gasteiger partial charge in [0.1, 0.15) is 5.82 Å². The first-order valence-corrected chi connectivity index (χ1v) is 6.24. The zero-order valence-electron chi connectivity index (χ0n) is 11.1. The van der Waals surface area contributed by atoms with Crippen molar-refractivity contribution in [3.8, 4) is 0 Å². The smallest absolute Gasteiger partial charge is 0.323 e. The van der Waals surface area contributed by atoms with Crippen LogP contribution in [0, 0.1) is 5.82 Å². The number of nitrogens with one attached hydrogen (secondary N) is 2. The van der Waals surface area contributed by atoms with Crippen LogP contribution in [0.3, 0.4) is 0 Å². The van der Waals surface area contributed by atoms with Gasteiger partial charge in [-0.15, -0.1) is 0 Å². The summed E-state index contributed by atoms with van der Waals surface area (Å²) >= 11 is 0. The van der Waals surface area contributed by atoms with Gasteiger partial charge in [-0.1, -0.05) is 18.2 Å². The Bertz CT molecular complexity index is 596. The molecule has 0 heterocycles. The number of carbonyl (C=O) groups excluding carboxylic acids is 1. The molecule has 0 saturated heterocycles. The van der Waals surface area contributed by atoms with Gasteiger partial charge in [-0.25, -0.2) is 9.18 Å². The summed E-state index contributed by atoms with van der Waals surface area (Å²) in [5.74, 6) is -0.349. The van der Waals surface area contributed by atoms with Crippen molar-refractivity contribution >= 4 is 17.4 Å². The number of para-hydroxylation sites is 1. The lowest BCUT2D eigenvalue weighted by Gasteiger charge is -2.14. The lowest BCUT2D eigenvalue weighted by Crippen LogP contribution is -2.21. The number of hydrogen-bond donors (Lipinski definition) is 3. The van der Waals surface area contributed by atoms with Crippen molar-refractivity contribution in [2.45, 2.75) is 13.0 Å². The van der Waals surface area contributed by atoms with Crippen LogP contribution in [0.4, 0.5) is 20.6 Å². The second-order valence-corrected chi connectivity index (χ2v) is 4.46. The number of carbonyl (C=O) groups is 1. The Morgan fingerprint density at radius 2 is 1.75 bits per heavy atom. The van der Waals surface area contributed by atoms with Crippen LogP contribution in [0.2, 0.25) is 0 Å². The molecule has 4 N–H and O–H groups in total. The van der Waals surface area contributed by atoms with Crippen LogP contribution in [-0.2, 0) is 0 Å². The molecule has 2 aromatic carbocycles. The molecule has 1 atom stereocenters. The second-order valence-electron chi connectivity index (χ2n) is 4.46. The standard InChI is InChI=1S/C15H16FN3O/c1-10(17)13-4-2-3-5-14(13)19-15(20)18-12-8-6-11(16)7-9-12/h2-10H,17H2,1H3,(H2,18,19,20). The second kappa shape index (κ2) is 6.16. The monoisotopic (exact) mass is 273 g/mol. The summed E-state index contributed by atoms with van der Waals surface area (Å²) in [4.78, 5) is 11.9. The number of nitrogens with two attached hydrogens (primary N) is 1. The third-order valence-corrected chi connectivity index (χ3v) is 2.80. The highest BCUT2D eigenvalue weighted by Crippen LogP contribution is 2.21. The van der Waals surface area contributed by atoms with Gasteiger partial charge in [0.05, 0.1) is 0 Å². The maximum Gasteiger partial charge on any atom is 0.323 e. The number of halogens is 1. The summed E-state index contributed by atoms with van der Waals surface area (Å²) in [6.07, 6.45) is 0. The maximum atomic E-state index is 12.8. The fourth-order valence-electron chi connectivity index (χ4n) is 1.83. The molecule has 0 bridgehead atoms. The number of hydrogen-bond acceptors (Lipinski definition) is 2. The van der Waals surface area contributed by atoms with E-state index in [0.29, 0.717) is 11.4 Å². The first-order valence-electron chi connectivity index (χ1n) is 6.24. The molecule has 0 aromatic heterocycles. The predicted octanol–water partition coefficient (Wildman–Crippen LogP) is 3.49. The highest BCUT2D eigenvalue weighted by molar-refractivity contribution is 6.00. The Kier molecular flexibility index (Phi) is 4.32. The van der Waals surface area contributed by atoms with Crippen molar-refractivity contribution in [1.82, 2.24) is 0 Å². The number of anilines is 2. The Balaban J connectivity index is 2.07. The van der Waals surface area contributed by atoms with Gasteiger partial charge in [0.25, 0.3) is 0 Å². The minimum absolute atomic E-state index is 0.183. The molecule has 0 aliphatic carbocycles.